The van der Waals surface area contributed by atoms with Gasteiger partial charge in [-0.05, 0) is 43.0 Å². The molecular formula is C14H23ClO. The van der Waals surface area contributed by atoms with Gasteiger partial charge < -0.3 is 4.74 Å². The first-order valence-electron chi connectivity index (χ1n) is 5.89. The molecule has 92 valence electrons. The van der Waals surface area contributed by atoms with E-state index in [4.69, 9.17) is 16.3 Å². The van der Waals surface area contributed by atoms with Gasteiger partial charge in [-0.2, -0.15) is 0 Å². The molecule has 0 amide bonds. The van der Waals surface area contributed by atoms with Gasteiger partial charge in [-0.1, -0.05) is 38.4 Å². The smallest absolute Gasteiger partial charge is 0.0833 e. The Morgan fingerprint density at radius 1 is 1.19 bits per heavy atom. The van der Waals surface area contributed by atoms with Crippen LogP contribution in [0.5, 0.6) is 0 Å². The van der Waals surface area contributed by atoms with Crippen LogP contribution in [0.4, 0.5) is 0 Å². The highest BCUT2D eigenvalue weighted by molar-refractivity contribution is 6.31. The van der Waals surface area contributed by atoms with Crippen LogP contribution >= 0.6 is 11.6 Å². The summed E-state index contributed by atoms with van der Waals surface area (Å²) in [5.41, 5.74) is 3.59. The van der Waals surface area contributed by atoms with Crippen molar-refractivity contribution in [1.82, 2.24) is 0 Å². The van der Waals surface area contributed by atoms with Crippen molar-refractivity contribution in [3.63, 3.8) is 0 Å². The van der Waals surface area contributed by atoms with Crippen LogP contribution in [0, 0.1) is 13.8 Å². The van der Waals surface area contributed by atoms with Crippen molar-refractivity contribution in [3.05, 3.63) is 33.8 Å². The van der Waals surface area contributed by atoms with Crippen LogP contribution in [0.15, 0.2) is 12.1 Å². The molecule has 0 fully saturated rings. The molecule has 0 aromatic heterocycles. The summed E-state index contributed by atoms with van der Waals surface area (Å²) >= 11 is 6.17. The van der Waals surface area contributed by atoms with Gasteiger partial charge in [-0.3, -0.25) is 0 Å². The highest BCUT2D eigenvalue weighted by Crippen LogP contribution is 2.29. The van der Waals surface area contributed by atoms with Crippen molar-refractivity contribution in [1.29, 1.82) is 0 Å². The van der Waals surface area contributed by atoms with Gasteiger partial charge in [0.25, 0.3) is 0 Å². The fourth-order valence-corrected chi connectivity index (χ4v) is 1.90. The predicted octanol–water partition coefficient (Wildman–Crippen LogP) is 5.08. The second kappa shape index (κ2) is 7.70. The minimum Gasteiger partial charge on any atom is -0.377 e. The topological polar surface area (TPSA) is 9.23 Å². The lowest BCUT2D eigenvalue weighted by Gasteiger charge is -2.16. The molecule has 0 bridgehead atoms. The van der Waals surface area contributed by atoms with E-state index in [1.54, 1.807) is 7.11 Å². The molecule has 0 spiro atoms. The van der Waals surface area contributed by atoms with Gasteiger partial charge in [-0.15, -0.1) is 0 Å². The normalized spacial score (nSPS) is 11.7. The van der Waals surface area contributed by atoms with Crippen LogP contribution in [-0.2, 0) is 4.74 Å². The lowest BCUT2D eigenvalue weighted by atomic mass is 10.0. The molecule has 0 saturated carbocycles. The summed E-state index contributed by atoms with van der Waals surface area (Å²) in [5, 5.41) is 0.807. The highest BCUT2D eigenvalue weighted by Gasteiger charge is 2.12. The minimum atomic E-state index is 0.113. The Bertz CT molecular complexity index is 317. The van der Waals surface area contributed by atoms with Crippen LogP contribution in [0.2, 0.25) is 5.02 Å². The van der Waals surface area contributed by atoms with Gasteiger partial charge >= 0.3 is 0 Å². The van der Waals surface area contributed by atoms with Gasteiger partial charge in [0.05, 0.1) is 6.10 Å². The number of rotatable bonds is 3. The summed E-state index contributed by atoms with van der Waals surface area (Å²) in [6.07, 6.45) is 1.06. The molecule has 0 aliphatic heterocycles. The van der Waals surface area contributed by atoms with Crippen LogP contribution in [0.3, 0.4) is 0 Å². The standard InChI is InChI=1S/C12H17ClO.C2H6/c1-5-12(14-4)10-6-8(2)9(3)7-11(10)13;1-2/h6-7,12H,5H2,1-4H3;1-2H3. The lowest BCUT2D eigenvalue weighted by Crippen LogP contribution is -2.01. The molecule has 1 nitrogen and oxygen atoms in total. The fourth-order valence-electron chi connectivity index (χ4n) is 1.56. The molecule has 2 heteroatoms. The molecule has 16 heavy (non-hydrogen) atoms. The molecule has 1 rings (SSSR count). The van der Waals surface area contributed by atoms with Crippen LogP contribution in [0.1, 0.15) is 50.0 Å². The van der Waals surface area contributed by atoms with Crippen molar-refractivity contribution in [2.45, 2.75) is 47.1 Å². The van der Waals surface area contributed by atoms with Crippen molar-refractivity contribution in [2.75, 3.05) is 7.11 Å². The first kappa shape index (κ1) is 15.5. The molecule has 0 N–H and O–H groups in total. The zero-order chi connectivity index (χ0) is 12.7. The first-order chi connectivity index (χ1) is 7.60. The van der Waals surface area contributed by atoms with E-state index in [0.717, 1.165) is 17.0 Å². The molecule has 0 aliphatic carbocycles. The van der Waals surface area contributed by atoms with Crippen molar-refractivity contribution >= 4 is 11.6 Å². The van der Waals surface area contributed by atoms with Crippen LogP contribution in [0.25, 0.3) is 0 Å². The Hall–Kier alpha value is -0.530. The molecule has 1 aromatic rings. The van der Waals surface area contributed by atoms with E-state index in [1.807, 2.05) is 19.9 Å². The molecule has 1 atom stereocenters. The monoisotopic (exact) mass is 242 g/mol. The number of hydrogen-bond donors (Lipinski definition) is 0. The largest absolute Gasteiger partial charge is 0.377 e. The van der Waals surface area contributed by atoms with E-state index in [2.05, 4.69) is 26.8 Å². The Morgan fingerprint density at radius 2 is 1.69 bits per heavy atom. The Balaban J connectivity index is 0.00000106. The zero-order valence-electron chi connectivity index (χ0n) is 11.2. The van der Waals surface area contributed by atoms with Crippen molar-refractivity contribution in [3.8, 4) is 0 Å². The van der Waals surface area contributed by atoms with Gasteiger partial charge in [0, 0.05) is 12.1 Å². The van der Waals surface area contributed by atoms with E-state index in [-0.39, 0.29) is 6.10 Å². The third-order valence-electron chi connectivity index (χ3n) is 2.62. The van der Waals surface area contributed by atoms with E-state index in [0.29, 0.717) is 0 Å². The van der Waals surface area contributed by atoms with Crippen LogP contribution in [-0.4, -0.2) is 7.11 Å². The average Bonchev–Trinajstić information content (AvgIpc) is 2.29. The van der Waals surface area contributed by atoms with E-state index >= 15 is 0 Å². The summed E-state index contributed by atoms with van der Waals surface area (Å²) in [6, 6.07) is 4.13. The van der Waals surface area contributed by atoms with Gasteiger partial charge in [-0.25, -0.2) is 0 Å². The van der Waals surface area contributed by atoms with Gasteiger partial charge in [0.1, 0.15) is 0 Å². The van der Waals surface area contributed by atoms with Gasteiger partial charge in [0.15, 0.2) is 0 Å². The summed E-state index contributed by atoms with van der Waals surface area (Å²) in [4.78, 5) is 0. The maximum absolute atomic E-state index is 6.17. The maximum atomic E-state index is 6.17. The van der Waals surface area contributed by atoms with E-state index < -0.39 is 0 Å². The lowest BCUT2D eigenvalue weighted by molar-refractivity contribution is 0.100. The number of benzene rings is 1. The molecule has 0 aliphatic rings. The number of methoxy groups -OCH3 is 1. The molecule has 0 saturated heterocycles. The second-order valence-corrected chi connectivity index (χ2v) is 4.00. The predicted molar refractivity (Wildman–Crippen MR) is 72.3 cm³/mol. The number of hydrogen-bond acceptors (Lipinski definition) is 1. The summed E-state index contributed by atoms with van der Waals surface area (Å²) < 4.78 is 5.38. The maximum Gasteiger partial charge on any atom is 0.0833 e. The molecule has 0 heterocycles. The van der Waals surface area contributed by atoms with Crippen molar-refractivity contribution in [2.24, 2.45) is 0 Å². The molecule has 1 aromatic carbocycles. The quantitative estimate of drug-likeness (QED) is 0.718. The number of aryl methyl sites for hydroxylation is 2. The highest BCUT2D eigenvalue weighted by atomic mass is 35.5. The third kappa shape index (κ3) is 3.80. The van der Waals surface area contributed by atoms with Crippen LogP contribution < -0.4 is 0 Å². The second-order valence-electron chi connectivity index (χ2n) is 3.59. The van der Waals surface area contributed by atoms with E-state index in [9.17, 15) is 0 Å². The molecular weight excluding hydrogens is 220 g/mol. The number of halogens is 1. The summed E-state index contributed by atoms with van der Waals surface area (Å²) in [7, 11) is 1.72. The number of ether oxygens (including phenoxy) is 1. The summed E-state index contributed by atoms with van der Waals surface area (Å²) in [5.74, 6) is 0. The third-order valence-corrected chi connectivity index (χ3v) is 2.94. The summed E-state index contributed by atoms with van der Waals surface area (Å²) in [6.45, 7) is 10.3. The molecule has 1 unspecified atom stereocenters. The fraction of sp³-hybridized carbons (Fsp3) is 0.571. The minimum absolute atomic E-state index is 0.113. The first-order valence-corrected chi connectivity index (χ1v) is 6.27. The Morgan fingerprint density at radius 3 is 2.12 bits per heavy atom. The van der Waals surface area contributed by atoms with Gasteiger partial charge in [0.2, 0.25) is 0 Å². The van der Waals surface area contributed by atoms with Crippen molar-refractivity contribution < 1.29 is 4.74 Å². The SMILES string of the molecule is CC.CCC(OC)c1cc(C)c(C)cc1Cl. The molecule has 0 radical (unpaired) electrons. The Kier molecular flexibility index (Phi) is 7.44. The average molecular weight is 243 g/mol. The Labute approximate surface area is 105 Å². The van der Waals surface area contributed by atoms with E-state index in [1.165, 1.54) is 11.1 Å². The zero-order valence-corrected chi connectivity index (χ0v) is 12.0.